The van der Waals surface area contributed by atoms with Crippen LogP contribution in [0.3, 0.4) is 0 Å². The molecule has 2 saturated heterocycles. The standard InChI is InChI=1S/C16H34N4/c1-17-12-15(14-20-10-3-4-11-20)13-18-8-7-16-6-5-9-19(16)2/h15-18H,3-14H2,1-2H3. The first kappa shape index (κ1) is 16.2. The lowest BCUT2D eigenvalue weighted by Crippen LogP contribution is -2.39. The van der Waals surface area contributed by atoms with Crippen LogP contribution in [-0.2, 0) is 0 Å². The van der Waals surface area contributed by atoms with Crippen LogP contribution in [0.1, 0.15) is 32.1 Å². The second-order valence-corrected chi connectivity index (χ2v) is 6.70. The molecule has 2 fully saturated rings. The fourth-order valence-electron chi connectivity index (χ4n) is 3.74. The monoisotopic (exact) mass is 282 g/mol. The Hall–Kier alpha value is -0.160. The van der Waals surface area contributed by atoms with Gasteiger partial charge in [0.1, 0.15) is 0 Å². The second-order valence-electron chi connectivity index (χ2n) is 6.70. The molecule has 0 radical (unpaired) electrons. The average Bonchev–Trinajstić information content (AvgIpc) is 3.07. The lowest BCUT2D eigenvalue weighted by molar-refractivity contribution is 0.262. The summed E-state index contributed by atoms with van der Waals surface area (Å²) in [7, 11) is 4.35. The minimum atomic E-state index is 0.749. The van der Waals surface area contributed by atoms with Crippen molar-refractivity contribution in [1.82, 2.24) is 20.4 Å². The third-order valence-corrected chi connectivity index (χ3v) is 4.97. The zero-order chi connectivity index (χ0) is 14.2. The highest BCUT2D eigenvalue weighted by Gasteiger charge is 2.20. The Morgan fingerprint density at radius 1 is 1.10 bits per heavy atom. The van der Waals surface area contributed by atoms with Gasteiger partial charge in [-0.15, -0.1) is 0 Å². The zero-order valence-corrected chi connectivity index (χ0v) is 13.5. The van der Waals surface area contributed by atoms with Gasteiger partial charge in [0.25, 0.3) is 0 Å². The van der Waals surface area contributed by atoms with Crippen molar-refractivity contribution >= 4 is 0 Å². The average molecular weight is 282 g/mol. The maximum Gasteiger partial charge on any atom is 0.0105 e. The molecule has 2 unspecified atom stereocenters. The molecule has 0 aromatic rings. The molecule has 0 aromatic carbocycles. The molecule has 4 heteroatoms. The normalized spacial score (nSPS) is 26.4. The van der Waals surface area contributed by atoms with E-state index >= 15 is 0 Å². The van der Waals surface area contributed by atoms with E-state index in [9.17, 15) is 0 Å². The predicted molar refractivity (Wildman–Crippen MR) is 86.2 cm³/mol. The number of rotatable bonds is 9. The Morgan fingerprint density at radius 2 is 1.90 bits per heavy atom. The predicted octanol–water partition coefficient (Wildman–Crippen LogP) is 0.992. The van der Waals surface area contributed by atoms with Crippen LogP contribution in [0.2, 0.25) is 0 Å². The quantitative estimate of drug-likeness (QED) is 0.618. The van der Waals surface area contributed by atoms with Crippen LogP contribution in [0, 0.1) is 5.92 Å². The number of hydrogen-bond donors (Lipinski definition) is 2. The maximum absolute atomic E-state index is 3.70. The third kappa shape index (κ3) is 5.32. The maximum atomic E-state index is 3.70. The Morgan fingerprint density at radius 3 is 2.55 bits per heavy atom. The molecule has 2 atom stereocenters. The van der Waals surface area contributed by atoms with Gasteiger partial charge in [-0.1, -0.05) is 0 Å². The number of nitrogens with one attached hydrogen (secondary N) is 2. The minimum Gasteiger partial charge on any atom is -0.319 e. The van der Waals surface area contributed by atoms with Gasteiger partial charge in [-0.25, -0.2) is 0 Å². The number of likely N-dealkylation sites (tertiary alicyclic amines) is 2. The molecule has 20 heavy (non-hydrogen) atoms. The zero-order valence-electron chi connectivity index (χ0n) is 13.5. The summed E-state index contributed by atoms with van der Waals surface area (Å²) in [5, 5.41) is 7.05. The van der Waals surface area contributed by atoms with Gasteiger partial charge in [0.05, 0.1) is 0 Å². The smallest absolute Gasteiger partial charge is 0.0105 e. The van der Waals surface area contributed by atoms with Crippen molar-refractivity contribution < 1.29 is 0 Å². The molecule has 0 saturated carbocycles. The van der Waals surface area contributed by atoms with Gasteiger partial charge in [0.2, 0.25) is 0 Å². The van der Waals surface area contributed by atoms with Gasteiger partial charge in [0.15, 0.2) is 0 Å². The van der Waals surface area contributed by atoms with Crippen molar-refractivity contribution in [2.45, 2.75) is 38.1 Å². The van der Waals surface area contributed by atoms with Crippen LogP contribution in [-0.4, -0.2) is 75.8 Å². The van der Waals surface area contributed by atoms with Gasteiger partial charge >= 0.3 is 0 Å². The van der Waals surface area contributed by atoms with Crippen LogP contribution in [0.15, 0.2) is 0 Å². The minimum absolute atomic E-state index is 0.749. The molecule has 2 rings (SSSR count). The Kier molecular flexibility index (Phi) is 7.28. The van der Waals surface area contributed by atoms with E-state index in [1.54, 1.807) is 0 Å². The summed E-state index contributed by atoms with van der Waals surface area (Å²) in [5.74, 6) is 0.749. The fourth-order valence-corrected chi connectivity index (χ4v) is 3.74. The van der Waals surface area contributed by atoms with Gasteiger partial charge in [-0.05, 0) is 78.3 Å². The fraction of sp³-hybridized carbons (Fsp3) is 1.00. The Bertz CT molecular complexity index is 253. The van der Waals surface area contributed by atoms with Crippen LogP contribution in [0.5, 0.6) is 0 Å². The van der Waals surface area contributed by atoms with Crippen molar-refractivity contribution in [3.05, 3.63) is 0 Å². The van der Waals surface area contributed by atoms with Gasteiger partial charge < -0.3 is 20.4 Å². The van der Waals surface area contributed by atoms with E-state index in [0.29, 0.717) is 0 Å². The molecule has 2 N–H and O–H groups in total. The van der Waals surface area contributed by atoms with Crippen molar-refractivity contribution in [3.8, 4) is 0 Å². The number of hydrogen-bond acceptors (Lipinski definition) is 4. The van der Waals surface area contributed by atoms with Crippen LogP contribution < -0.4 is 10.6 Å². The van der Waals surface area contributed by atoms with Gasteiger partial charge in [-0.3, -0.25) is 0 Å². The third-order valence-electron chi connectivity index (χ3n) is 4.97. The van der Waals surface area contributed by atoms with Crippen molar-refractivity contribution in [2.75, 3.05) is 59.9 Å². The first-order valence-corrected chi connectivity index (χ1v) is 8.57. The highest BCUT2D eigenvalue weighted by atomic mass is 15.2. The molecule has 0 bridgehead atoms. The van der Waals surface area contributed by atoms with Crippen molar-refractivity contribution in [3.63, 3.8) is 0 Å². The first-order chi connectivity index (χ1) is 9.79. The lowest BCUT2D eigenvalue weighted by atomic mass is 10.1. The van der Waals surface area contributed by atoms with Gasteiger partial charge in [0, 0.05) is 25.7 Å². The van der Waals surface area contributed by atoms with E-state index in [1.165, 1.54) is 64.8 Å². The van der Waals surface area contributed by atoms with E-state index in [4.69, 9.17) is 0 Å². The van der Waals surface area contributed by atoms with E-state index in [0.717, 1.165) is 25.0 Å². The van der Waals surface area contributed by atoms with Crippen LogP contribution in [0.4, 0.5) is 0 Å². The Labute approximate surface area is 125 Å². The summed E-state index contributed by atoms with van der Waals surface area (Å²) in [4.78, 5) is 5.16. The molecule has 4 nitrogen and oxygen atoms in total. The summed E-state index contributed by atoms with van der Waals surface area (Å²) >= 11 is 0. The van der Waals surface area contributed by atoms with Crippen LogP contribution >= 0.6 is 0 Å². The summed E-state index contributed by atoms with van der Waals surface area (Å²) < 4.78 is 0. The molecule has 0 aliphatic carbocycles. The van der Waals surface area contributed by atoms with E-state index in [1.807, 2.05) is 0 Å². The summed E-state index contributed by atoms with van der Waals surface area (Å²) in [6, 6.07) is 0.823. The topological polar surface area (TPSA) is 30.5 Å². The molecule has 0 amide bonds. The van der Waals surface area contributed by atoms with Gasteiger partial charge in [-0.2, -0.15) is 0 Å². The lowest BCUT2D eigenvalue weighted by Gasteiger charge is -2.24. The van der Waals surface area contributed by atoms with E-state index < -0.39 is 0 Å². The highest BCUT2D eigenvalue weighted by molar-refractivity contribution is 4.78. The SMILES string of the molecule is CNCC(CNCCC1CCCN1C)CN1CCCC1. The van der Waals surface area contributed by atoms with Crippen molar-refractivity contribution in [1.29, 1.82) is 0 Å². The summed E-state index contributed by atoms with van der Waals surface area (Å²) in [6.07, 6.45) is 6.89. The summed E-state index contributed by atoms with van der Waals surface area (Å²) in [6.45, 7) is 8.65. The highest BCUT2D eigenvalue weighted by Crippen LogP contribution is 2.17. The number of nitrogens with zero attached hydrogens (tertiary/aromatic N) is 2. The largest absolute Gasteiger partial charge is 0.319 e. The molecule has 0 spiro atoms. The molecular formula is C16H34N4. The molecule has 2 aliphatic rings. The second kappa shape index (κ2) is 8.98. The first-order valence-electron chi connectivity index (χ1n) is 8.57. The molecule has 2 aliphatic heterocycles. The molecular weight excluding hydrogens is 248 g/mol. The molecule has 2 heterocycles. The molecule has 0 aromatic heterocycles. The summed E-state index contributed by atoms with van der Waals surface area (Å²) in [5.41, 5.74) is 0. The molecule has 118 valence electrons. The van der Waals surface area contributed by atoms with Crippen molar-refractivity contribution in [2.24, 2.45) is 5.92 Å². The van der Waals surface area contributed by atoms with E-state index in [2.05, 4.69) is 34.5 Å². The Balaban J connectivity index is 1.58. The van der Waals surface area contributed by atoms with Crippen LogP contribution in [0.25, 0.3) is 0 Å². The van der Waals surface area contributed by atoms with E-state index in [-0.39, 0.29) is 0 Å².